The van der Waals surface area contributed by atoms with Gasteiger partial charge in [0.25, 0.3) is 5.91 Å². The van der Waals surface area contributed by atoms with Crippen LogP contribution in [0.3, 0.4) is 0 Å². The van der Waals surface area contributed by atoms with Gasteiger partial charge in [0.15, 0.2) is 11.7 Å². The number of aromatic nitrogens is 2. The fourth-order valence-electron chi connectivity index (χ4n) is 3.56. The van der Waals surface area contributed by atoms with Crippen molar-refractivity contribution in [1.29, 1.82) is 5.26 Å². The summed E-state index contributed by atoms with van der Waals surface area (Å²) in [6.07, 6.45) is 2.17. The monoisotopic (exact) mass is 429 g/mol. The Morgan fingerprint density at radius 2 is 2.20 bits per heavy atom. The molecule has 0 unspecified atom stereocenters. The molecule has 4 rings (SSSR count). The summed E-state index contributed by atoms with van der Waals surface area (Å²) >= 11 is 1.32. The zero-order chi connectivity index (χ0) is 21.1. The van der Waals surface area contributed by atoms with Crippen LogP contribution in [-0.4, -0.2) is 54.4 Å². The summed E-state index contributed by atoms with van der Waals surface area (Å²) in [4.78, 5) is 23.0. The fourth-order valence-corrected chi connectivity index (χ4v) is 4.10. The van der Waals surface area contributed by atoms with Crippen LogP contribution in [-0.2, 0) is 27.3 Å². The van der Waals surface area contributed by atoms with Gasteiger partial charge in [0.05, 0.1) is 25.4 Å². The predicted molar refractivity (Wildman–Crippen MR) is 111 cm³/mol. The molecule has 0 bridgehead atoms. The standard InChI is InChI=1S/C20H23N5O4S/c1-20(2)9-13-14(10-21)18(28-12-16(26)23-19-22-3-8-30-19)24-17(15(13)11-29-20)25-4-6-27-7-5-25/h3,8H,4-7,9,11-12H2,1-2H3,(H,22,23,26). The van der Waals surface area contributed by atoms with Crippen molar-refractivity contribution in [3.05, 3.63) is 28.3 Å². The van der Waals surface area contributed by atoms with E-state index < -0.39 is 5.60 Å². The van der Waals surface area contributed by atoms with E-state index in [2.05, 4.69) is 26.3 Å². The molecule has 10 heteroatoms. The molecule has 0 aliphatic carbocycles. The highest BCUT2D eigenvalue weighted by molar-refractivity contribution is 7.13. The third-order valence-corrected chi connectivity index (χ3v) is 5.70. The summed E-state index contributed by atoms with van der Waals surface area (Å²) in [6, 6.07) is 2.23. The molecule has 0 radical (unpaired) electrons. The van der Waals surface area contributed by atoms with Crippen molar-refractivity contribution >= 4 is 28.2 Å². The molecular formula is C20H23N5O4S. The number of carbonyl (C=O) groups is 1. The molecule has 0 saturated carbocycles. The number of thiazole rings is 1. The molecule has 1 amide bonds. The Kier molecular flexibility index (Phi) is 5.85. The maximum absolute atomic E-state index is 12.2. The van der Waals surface area contributed by atoms with Gasteiger partial charge in [0.2, 0.25) is 5.88 Å². The molecule has 0 atom stereocenters. The topological polar surface area (TPSA) is 110 Å². The Hall–Kier alpha value is -2.74. The van der Waals surface area contributed by atoms with Crippen LogP contribution in [0.5, 0.6) is 5.88 Å². The van der Waals surface area contributed by atoms with Crippen LogP contribution in [0.15, 0.2) is 11.6 Å². The summed E-state index contributed by atoms with van der Waals surface area (Å²) in [5.74, 6) is 0.549. The third-order valence-electron chi connectivity index (χ3n) is 5.01. The van der Waals surface area contributed by atoms with Gasteiger partial charge >= 0.3 is 0 Å². The first-order valence-electron chi connectivity index (χ1n) is 9.71. The van der Waals surface area contributed by atoms with Crippen molar-refractivity contribution in [2.45, 2.75) is 32.5 Å². The Morgan fingerprint density at radius 3 is 2.90 bits per heavy atom. The van der Waals surface area contributed by atoms with Gasteiger partial charge < -0.3 is 19.1 Å². The molecule has 2 aliphatic heterocycles. The van der Waals surface area contributed by atoms with Crippen LogP contribution in [0.25, 0.3) is 0 Å². The molecule has 1 N–H and O–H groups in total. The minimum absolute atomic E-state index is 0.171. The first kappa shape index (κ1) is 20.5. The molecule has 30 heavy (non-hydrogen) atoms. The maximum atomic E-state index is 12.2. The van der Waals surface area contributed by atoms with E-state index in [-0.39, 0.29) is 18.4 Å². The molecule has 0 spiro atoms. The molecule has 9 nitrogen and oxygen atoms in total. The van der Waals surface area contributed by atoms with Gasteiger partial charge in [0.1, 0.15) is 17.5 Å². The number of fused-ring (bicyclic) bond motifs is 1. The Balaban J connectivity index is 1.64. The first-order chi connectivity index (χ1) is 14.5. The second-order valence-corrected chi connectivity index (χ2v) is 8.58. The van der Waals surface area contributed by atoms with E-state index in [1.165, 1.54) is 11.3 Å². The summed E-state index contributed by atoms with van der Waals surface area (Å²) in [5.41, 5.74) is 1.75. The number of carbonyl (C=O) groups excluding carboxylic acids is 1. The summed E-state index contributed by atoms with van der Waals surface area (Å²) in [6.45, 7) is 6.70. The molecular weight excluding hydrogens is 406 g/mol. The first-order valence-corrected chi connectivity index (χ1v) is 10.6. The zero-order valence-electron chi connectivity index (χ0n) is 16.9. The molecule has 4 heterocycles. The van der Waals surface area contributed by atoms with E-state index in [1.807, 2.05) is 13.8 Å². The van der Waals surface area contributed by atoms with E-state index in [0.29, 0.717) is 50.0 Å². The van der Waals surface area contributed by atoms with E-state index in [0.717, 1.165) is 16.9 Å². The number of nitriles is 1. The quantitative estimate of drug-likeness (QED) is 0.770. The highest BCUT2D eigenvalue weighted by Gasteiger charge is 2.34. The highest BCUT2D eigenvalue weighted by Crippen LogP contribution is 2.38. The summed E-state index contributed by atoms with van der Waals surface area (Å²) < 4.78 is 17.2. The number of nitrogens with zero attached hydrogens (tertiary/aromatic N) is 4. The van der Waals surface area contributed by atoms with Crippen molar-refractivity contribution in [3.63, 3.8) is 0 Å². The number of pyridine rings is 1. The number of morpholine rings is 1. The number of ether oxygens (including phenoxy) is 3. The van der Waals surface area contributed by atoms with Gasteiger partial charge in [-0.2, -0.15) is 10.2 Å². The lowest BCUT2D eigenvalue weighted by atomic mass is 9.89. The van der Waals surface area contributed by atoms with Gasteiger partial charge in [-0.15, -0.1) is 11.3 Å². The number of hydrogen-bond donors (Lipinski definition) is 1. The second-order valence-electron chi connectivity index (χ2n) is 7.68. The van der Waals surface area contributed by atoms with Crippen molar-refractivity contribution in [1.82, 2.24) is 9.97 Å². The lowest BCUT2D eigenvalue weighted by Gasteiger charge is -2.36. The van der Waals surface area contributed by atoms with Crippen LogP contribution in [0, 0.1) is 11.3 Å². The SMILES string of the molecule is CC1(C)Cc2c(C#N)c(OCC(=O)Nc3nccs3)nc(N3CCOCC3)c2CO1. The van der Waals surface area contributed by atoms with Crippen molar-refractivity contribution in [2.24, 2.45) is 0 Å². The van der Waals surface area contributed by atoms with Crippen molar-refractivity contribution < 1.29 is 19.0 Å². The molecule has 2 aromatic rings. The van der Waals surface area contributed by atoms with Gasteiger partial charge in [-0.05, 0) is 19.4 Å². The third kappa shape index (κ3) is 4.38. The minimum atomic E-state index is -0.401. The van der Waals surface area contributed by atoms with E-state index in [1.54, 1.807) is 11.6 Å². The van der Waals surface area contributed by atoms with E-state index >= 15 is 0 Å². The predicted octanol–water partition coefficient (Wildman–Crippen LogP) is 2.12. The van der Waals surface area contributed by atoms with E-state index in [9.17, 15) is 10.1 Å². The number of hydrogen-bond acceptors (Lipinski definition) is 9. The van der Waals surface area contributed by atoms with Crippen LogP contribution in [0.4, 0.5) is 10.9 Å². The Labute approximate surface area is 178 Å². The van der Waals surface area contributed by atoms with Gasteiger partial charge in [0, 0.05) is 36.7 Å². The molecule has 0 aromatic carbocycles. The van der Waals surface area contributed by atoms with Gasteiger partial charge in [-0.3, -0.25) is 10.1 Å². The normalized spacial score (nSPS) is 17.7. The van der Waals surface area contributed by atoms with Crippen LogP contribution in [0.1, 0.15) is 30.5 Å². The summed E-state index contributed by atoms with van der Waals surface area (Å²) in [7, 11) is 0. The molecule has 2 aliphatic rings. The maximum Gasteiger partial charge on any atom is 0.264 e. The number of amides is 1. The average Bonchev–Trinajstić information content (AvgIpc) is 3.24. The molecule has 2 aromatic heterocycles. The fraction of sp³-hybridized carbons (Fsp3) is 0.500. The lowest BCUT2D eigenvalue weighted by molar-refractivity contribution is -0.118. The van der Waals surface area contributed by atoms with Gasteiger partial charge in [-0.1, -0.05) is 0 Å². The number of nitrogens with one attached hydrogen (secondary N) is 1. The number of anilines is 2. The smallest absolute Gasteiger partial charge is 0.264 e. The van der Waals surface area contributed by atoms with Crippen LogP contribution in [0.2, 0.25) is 0 Å². The summed E-state index contributed by atoms with van der Waals surface area (Å²) in [5, 5.41) is 14.8. The lowest BCUT2D eigenvalue weighted by Crippen LogP contribution is -2.39. The Bertz CT molecular complexity index is 965. The molecule has 1 saturated heterocycles. The van der Waals surface area contributed by atoms with Crippen molar-refractivity contribution in [2.75, 3.05) is 43.1 Å². The van der Waals surface area contributed by atoms with Crippen LogP contribution < -0.4 is 15.0 Å². The second kappa shape index (κ2) is 8.55. The largest absolute Gasteiger partial charge is 0.467 e. The zero-order valence-corrected chi connectivity index (χ0v) is 17.8. The van der Waals surface area contributed by atoms with Gasteiger partial charge in [-0.25, -0.2) is 4.98 Å². The average molecular weight is 430 g/mol. The minimum Gasteiger partial charge on any atom is -0.467 e. The number of rotatable bonds is 5. The molecule has 1 fully saturated rings. The van der Waals surface area contributed by atoms with Crippen LogP contribution >= 0.6 is 11.3 Å². The van der Waals surface area contributed by atoms with E-state index in [4.69, 9.17) is 14.2 Å². The highest BCUT2D eigenvalue weighted by atomic mass is 32.1. The molecule has 158 valence electrons. The Morgan fingerprint density at radius 1 is 1.40 bits per heavy atom. The van der Waals surface area contributed by atoms with Crippen molar-refractivity contribution in [3.8, 4) is 11.9 Å².